The van der Waals surface area contributed by atoms with Gasteiger partial charge in [-0.15, -0.1) is 0 Å². The van der Waals surface area contributed by atoms with Gasteiger partial charge in [-0.25, -0.2) is 0 Å². The molecule has 0 radical (unpaired) electrons. The minimum Gasteiger partial charge on any atom is -0.457 e. The third kappa shape index (κ3) is 20.3. The average molecular weight is 424 g/mol. The Kier molecular flexibility index (Phi) is 25.0. The molecule has 2 N–H and O–H groups in total. The van der Waals surface area contributed by atoms with E-state index in [1.807, 2.05) is 0 Å². The third-order valence-electron chi connectivity index (χ3n) is 4.69. The van der Waals surface area contributed by atoms with E-state index in [0.717, 1.165) is 12.8 Å². The molecule has 0 unspecified atom stereocenters. The summed E-state index contributed by atoms with van der Waals surface area (Å²) < 4.78 is 4.93. The number of unbranched alkanes of at least 4 members (excludes halogenated alkanes) is 14. The fourth-order valence-corrected chi connectivity index (χ4v) is 3.02. The molecule has 0 aliphatic heterocycles. The van der Waals surface area contributed by atoms with Gasteiger partial charge in [0.05, 0.1) is 13.2 Å². The summed E-state index contributed by atoms with van der Waals surface area (Å²) in [4.78, 5) is 11.5. The number of aliphatic hydroxyl groups excluding tert-OH is 2. The van der Waals surface area contributed by atoms with Gasteiger partial charge in [-0.3, -0.25) is 4.79 Å². The van der Waals surface area contributed by atoms with Crippen molar-refractivity contribution in [3.63, 3.8) is 0 Å². The Morgan fingerprint density at radius 1 is 0.692 bits per heavy atom. The molecule has 0 spiro atoms. The second-order valence-corrected chi connectivity index (χ2v) is 7.18. The number of hydrogen-bond acceptors (Lipinski definition) is 4. The van der Waals surface area contributed by atoms with E-state index in [2.05, 4.69) is 6.92 Å². The van der Waals surface area contributed by atoms with Crippen molar-refractivity contribution in [3.05, 3.63) is 0 Å². The maximum Gasteiger partial charge on any atom is 0.306 e. The normalized spacial score (nSPS) is 10.8. The van der Waals surface area contributed by atoms with Crippen molar-refractivity contribution in [2.45, 2.75) is 116 Å². The zero-order chi connectivity index (χ0) is 18.6. The molecule has 0 amide bonds. The van der Waals surface area contributed by atoms with Crippen LogP contribution in [0.25, 0.3) is 0 Å². The van der Waals surface area contributed by atoms with Gasteiger partial charge in [-0.2, -0.15) is 0 Å². The SMILES string of the molecule is CCCCCCCCCCCCCCCCCC(=O)OC(CO)CO.[Zn]. The standard InChI is InChI=1S/C21H42O4.Zn/c1-2-3-4-5-6-7-8-9-10-11-12-13-14-15-16-17-21(24)25-20(18-22)19-23;/h20,22-23H,2-19H2,1H3;. The van der Waals surface area contributed by atoms with E-state index in [1.54, 1.807) is 0 Å². The average Bonchev–Trinajstić information content (AvgIpc) is 2.62. The number of rotatable bonds is 19. The van der Waals surface area contributed by atoms with Crippen LogP contribution >= 0.6 is 0 Å². The molecule has 0 rings (SSSR count). The molecule has 0 aliphatic rings. The second kappa shape index (κ2) is 23.1. The third-order valence-corrected chi connectivity index (χ3v) is 4.69. The van der Waals surface area contributed by atoms with Crippen LogP contribution in [-0.2, 0) is 29.0 Å². The van der Waals surface area contributed by atoms with Crippen molar-refractivity contribution in [2.75, 3.05) is 13.2 Å². The Labute approximate surface area is 174 Å². The van der Waals surface area contributed by atoms with E-state index in [1.165, 1.54) is 83.5 Å². The zero-order valence-corrected chi connectivity index (χ0v) is 20.2. The minimum atomic E-state index is -0.760. The first kappa shape index (κ1) is 28.2. The van der Waals surface area contributed by atoms with E-state index < -0.39 is 6.10 Å². The van der Waals surface area contributed by atoms with Gasteiger partial charge in [-0.05, 0) is 6.42 Å². The van der Waals surface area contributed by atoms with Crippen LogP contribution in [0.5, 0.6) is 0 Å². The molecule has 0 aliphatic carbocycles. The van der Waals surface area contributed by atoms with Crippen molar-refractivity contribution in [2.24, 2.45) is 0 Å². The van der Waals surface area contributed by atoms with E-state index >= 15 is 0 Å². The van der Waals surface area contributed by atoms with Crippen LogP contribution in [0.1, 0.15) is 110 Å². The molecule has 0 heterocycles. The van der Waals surface area contributed by atoms with Crippen LogP contribution in [0, 0.1) is 0 Å². The summed E-state index contributed by atoms with van der Waals surface area (Å²) in [6.45, 7) is 1.63. The topological polar surface area (TPSA) is 66.8 Å². The fraction of sp³-hybridized carbons (Fsp3) is 0.952. The van der Waals surface area contributed by atoms with Crippen molar-refractivity contribution in [1.82, 2.24) is 0 Å². The molecule has 0 bridgehead atoms. The molecule has 0 aromatic heterocycles. The van der Waals surface area contributed by atoms with E-state index in [4.69, 9.17) is 14.9 Å². The van der Waals surface area contributed by atoms with Crippen LogP contribution in [0.4, 0.5) is 0 Å². The molecule has 5 heteroatoms. The van der Waals surface area contributed by atoms with Crippen LogP contribution in [0.2, 0.25) is 0 Å². The first-order valence-corrected chi connectivity index (χ1v) is 10.7. The number of hydrogen-bond donors (Lipinski definition) is 2. The van der Waals surface area contributed by atoms with Gasteiger partial charge in [0.15, 0.2) is 0 Å². The second-order valence-electron chi connectivity index (χ2n) is 7.18. The monoisotopic (exact) mass is 422 g/mol. The first-order chi connectivity index (χ1) is 12.2. The van der Waals surface area contributed by atoms with Gasteiger partial charge in [-0.1, -0.05) is 96.8 Å². The van der Waals surface area contributed by atoms with Gasteiger partial charge in [0.2, 0.25) is 0 Å². The molecule has 26 heavy (non-hydrogen) atoms. The maximum absolute atomic E-state index is 11.5. The van der Waals surface area contributed by atoms with Gasteiger partial charge in [0.25, 0.3) is 0 Å². The molecule has 0 saturated heterocycles. The molecule has 0 aromatic rings. The van der Waals surface area contributed by atoms with E-state index in [9.17, 15) is 4.79 Å². The molecular weight excluding hydrogens is 382 g/mol. The molecule has 0 aromatic carbocycles. The van der Waals surface area contributed by atoms with Crippen LogP contribution in [-0.4, -0.2) is 35.5 Å². The van der Waals surface area contributed by atoms with Gasteiger partial charge < -0.3 is 14.9 Å². The van der Waals surface area contributed by atoms with Gasteiger partial charge in [0, 0.05) is 25.9 Å². The van der Waals surface area contributed by atoms with Crippen molar-refractivity contribution in [3.8, 4) is 0 Å². The Morgan fingerprint density at radius 3 is 1.38 bits per heavy atom. The maximum atomic E-state index is 11.5. The smallest absolute Gasteiger partial charge is 0.306 e. The number of esters is 1. The molecular formula is C21H42O4Zn. The summed E-state index contributed by atoms with van der Waals surface area (Å²) in [6.07, 6.45) is 19.1. The van der Waals surface area contributed by atoms with Crippen LogP contribution < -0.4 is 0 Å². The number of ether oxygens (including phenoxy) is 1. The summed E-state index contributed by atoms with van der Waals surface area (Å²) in [7, 11) is 0. The Hall–Kier alpha value is 0.0134. The number of carbonyl (C=O) groups excluding carboxylic acids is 1. The quantitative estimate of drug-likeness (QED) is 0.171. The van der Waals surface area contributed by atoms with E-state index in [0.29, 0.717) is 6.42 Å². The summed E-state index contributed by atoms with van der Waals surface area (Å²) in [5, 5.41) is 17.7. The summed E-state index contributed by atoms with van der Waals surface area (Å²) >= 11 is 0. The van der Waals surface area contributed by atoms with Crippen LogP contribution in [0.15, 0.2) is 0 Å². The van der Waals surface area contributed by atoms with Crippen molar-refractivity contribution < 1.29 is 39.2 Å². The summed E-state index contributed by atoms with van der Waals surface area (Å²) in [5.74, 6) is -0.317. The zero-order valence-electron chi connectivity index (χ0n) is 17.2. The fourth-order valence-electron chi connectivity index (χ4n) is 3.02. The Bertz CT molecular complexity index is 283. The molecule has 4 nitrogen and oxygen atoms in total. The predicted octanol–water partition coefficient (Wildman–Crippen LogP) is 5.14. The Morgan fingerprint density at radius 2 is 1.04 bits per heavy atom. The largest absolute Gasteiger partial charge is 0.457 e. The summed E-state index contributed by atoms with van der Waals surface area (Å²) in [6, 6.07) is 0. The predicted molar refractivity (Wildman–Crippen MR) is 104 cm³/mol. The van der Waals surface area contributed by atoms with Gasteiger partial charge in [0.1, 0.15) is 6.10 Å². The van der Waals surface area contributed by atoms with Crippen molar-refractivity contribution >= 4 is 5.97 Å². The summed E-state index contributed by atoms with van der Waals surface area (Å²) in [5.41, 5.74) is 0. The number of aliphatic hydroxyl groups is 2. The van der Waals surface area contributed by atoms with Crippen LogP contribution in [0.3, 0.4) is 0 Å². The molecule has 0 fully saturated rings. The Balaban J connectivity index is 0. The minimum absolute atomic E-state index is 0. The first-order valence-electron chi connectivity index (χ1n) is 10.7. The van der Waals surface area contributed by atoms with E-state index in [-0.39, 0.29) is 38.7 Å². The molecule has 0 saturated carbocycles. The molecule has 0 atom stereocenters. The van der Waals surface area contributed by atoms with Gasteiger partial charge >= 0.3 is 5.97 Å². The van der Waals surface area contributed by atoms with Crippen molar-refractivity contribution in [1.29, 1.82) is 0 Å². The molecule has 152 valence electrons. The number of carbonyl (C=O) groups is 1.